The Morgan fingerprint density at radius 2 is 1.76 bits per heavy atom. The van der Waals surface area contributed by atoms with Gasteiger partial charge in [0.05, 0.1) is 13.2 Å². The van der Waals surface area contributed by atoms with Gasteiger partial charge >= 0.3 is 0 Å². The molecule has 1 atom stereocenters. The molecule has 1 fully saturated rings. The molecule has 1 aliphatic rings. The summed E-state index contributed by atoms with van der Waals surface area (Å²) in [6.45, 7) is 11.1. The van der Waals surface area contributed by atoms with Gasteiger partial charge in [0.25, 0.3) is 0 Å². The minimum atomic E-state index is 0.223. The maximum Gasteiger partial charge on any atom is 0.161 e. The Bertz CT molecular complexity index is 417. The Labute approximate surface area is 128 Å². The zero-order valence-corrected chi connectivity index (χ0v) is 13.7. The Morgan fingerprint density at radius 1 is 1.10 bits per heavy atom. The van der Waals surface area contributed by atoms with Crippen LogP contribution in [0.15, 0.2) is 24.3 Å². The summed E-state index contributed by atoms with van der Waals surface area (Å²) in [6.07, 6.45) is 1.23. The van der Waals surface area contributed by atoms with E-state index in [2.05, 4.69) is 20.9 Å². The SMILES string of the molecule is CC[C@@H](C)Oc1ccccc1OCC[NH+]1CC[NH+](C)CC1. The first-order valence-corrected chi connectivity index (χ1v) is 8.22. The van der Waals surface area contributed by atoms with Crippen LogP contribution in [0.1, 0.15) is 20.3 Å². The largest absolute Gasteiger partial charge is 0.487 e. The number of ether oxygens (including phenoxy) is 2. The van der Waals surface area contributed by atoms with Crippen molar-refractivity contribution in [2.75, 3.05) is 46.4 Å². The third-order valence-electron chi connectivity index (χ3n) is 4.28. The number of likely N-dealkylation sites (N-methyl/N-ethyl adjacent to an activating group) is 1. The average Bonchev–Trinajstić information content (AvgIpc) is 2.51. The number of nitrogens with one attached hydrogen (secondary N) is 2. The molecule has 0 aliphatic carbocycles. The fourth-order valence-electron chi connectivity index (χ4n) is 2.55. The summed E-state index contributed by atoms with van der Waals surface area (Å²) in [5.41, 5.74) is 0. The standard InChI is InChI=1S/C17H28N2O2/c1-4-15(2)21-17-8-6-5-7-16(17)20-14-13-19-11-9-18(3)10-12-19/h5-8,15H,4,9-14H2,1-3H3/p+2/t15-/m1/s1. The molecule has 4 heteroatoms. The number of benzene rings is 1. The van der Waals surface area contributed by atoms with Gasteiger partial charge in [0, 0.05) is 0 Å². The van der Waals surface area contributed by atoms with E-state index in [1.54, 1.807) is 9.80 Å². The molecular formula is C17H30N2O2+2. The van der Waals surface area contributed by atoms with Crippen LogP contribution in [-0.2, 0) is 0 Å². The van der Waals surface area contributed by atoms with E-state index in [4.69, 9.17) is 9.47 Å². The van der Waals surface area contributed by atoms with Crippen molar-refractivity contribution in [3.8, 4) is 11.5 Å². The molecule has 0 bridgehead atoms. The minimum absolute atomic E-state index is 0.223. The Kier molecular flexibility index (Phi) is 6.33. The maximum absolute atomic E-state index is 5.96. The summed E-state index contributed by atoms with van der Waals surface area (Å²) in [4.78, 5) is 3.30. The minimum Gasteiger partial charge on any atom is -0.487 e. The van der Waals surface area contributed by atoms with Crippen molar-refractivity contribution < 1.29 is 19.3 Å². The lowest BCUT2D eigenvalue weighted by molar-refractivity contribution is -1.00. The highest BCUT2D eigenvalue weighted by Crippen LogP contribution is 2.27. The van der Waals surface area contributed by atoms with Gasteiger partial charge in [-0.15, -0.1) is 0 Å². The van der Waals surface area contributed by atoms with Crippen molar-refractivity contribution in [2.45, 2.75) is 26.4 Å². The highest BCUT2D eigenvalue weighted by Gasteiger charge is 2.19. The maximum atomic E-state index is 5.96. The normalized spacial score (nSPS) is 23.6. The number of hydrogen-bond donors (Lipinski definition) is 2. The molecule has 1 saturated heterocycles. The fraction of sp³-hybridized carbons (Fsp3) is 0.647. The lowest BCUT2D eigenvalue weighted by Gasteiger charge is -2.27. The van der Waals surface area contributed by atoms with Gasteiger partial charge in [0.15, 0.2) is 11.5 Å². The highest BCUT2D eigenvalue weighted by atomic mass is 16.5. The van der Waals surface area contributed by atoms with Crippen LogP contribution in [-0.4, -0.2) is 52.5 Å². The van der Waals surface area contributed by atoms with E-state index >= 15 is 0 Å². The number of hydrogen-bond acceptors (Lipinski definition) is 2. The Hall–Kier alpha value is -1.26. The number of rotatable bonds is 7. The molecular weight excluding hydrogens is 264 g/mol. The predicted molar refractivity (Wildman–Crippen MR) is 84.5 cm³/mol. The number of piperazine rings is 1. The van der Waals surface area contributed by atoms with Crippen LogP contribution < -0.4 is 19.3 Å². The van der Waals surface area contributed by atoms with Crippen LogP contribution >= 0.6 is 0 Å². The summed E-state index contributed by atoms with van der Waals surface area (Å²) in [6, 6.07) is 8.00. The van der Waals surface area contributed by atoms with Crippen molar-refractivity contribution in [3.63, 3.8) is 0 Å². The Balaban J connectivity index is 1.80. The zero-order valence-electron chi connectivity index (χ0n) is 13.7. The first-order valence-electron chi connectivity index (χ1n) is 8.22. The van der Waals surface area contributed by atoms with E-state index in [9.17, 15) is 0 Å². The monoisotopic (exact) mass is 294 g/mol. The van der Waals surface area contributed by atoms with Crippen LogP contribution in [0, 0.1) is 0 Å². The van der Waals surface area contributed by atoms with Crippen LogP contribution in [0.5, 0.6) is 11.5 Å². The molecule has 0 aromatic heterocycles. The smallest absolute Gasteiger partial charge is 0.161 e. The molecule has 1 aromatic carbocycles. The second kappa shape index (κ2) is 8.25. The van der Waals surface area contributed by atoms with E-state index in [1.165, 1.54) is 26.2 Å². The molecule has 0 amide bonds. The first kappa shape index (κ1) is 16.1. The van der Waals surface area contributed by atoms with Crippen LogP contribution in [0.2, 0.25) is 0 Å². The molecule has 0 saturated carbocycles. The van der Waals surface area contributed by atoms with E-state index < -0.39 is 0 Å². The quantitative estimate of drug-likeness (QED) is 0.720. The van der Waals surface area contributed by atoms with Gasteiger partial charge in [-0.2, -0.15) is 0 Å². The number of para-hydroxylation sites is 2. The topological polar surface area (TPSA) is 27.3 Å². The molecule has 4 nitrogen and oxygen atoms in total. The molecule has 21 heavy (non-hydrogen) atoms. The molecule has 0 spiro atoms. The summed E-state index contributed by atoms with van der Waals surface area (Å²) in [5.74, 6) is 1.74. The molecule has 1 heterocycles. The van der Waals surface area contributed by atoms with E-state index in [0.717, 1.165) is 31.1 Å². The molecule has 2 rings (SSSR count). The van der Waals surface area contributed by atoms with Crippen molar-refractivity contribution >= 4 is 0 Å². The molecule has 1 aromatic rings. The highest BCUT2D eigenvalue weighted by molar-refractivity contribution is 5.39. The van der Waals surface area contributed by atoms with Crippen LogP contribution in [0.25, 0.3) is 0 Å². The first-order chi connectivity index (χ1) is 10.2. The lowest BCUT2D eigenvalue weighted by Crippen LogP contribution is -3.27. The van der Waals surface area contributed by atoms with Crippen molar-refractivity contribution in [1.29, 1.82) is 0 Å². The van der Waals surface area contributed by atoms with Gasteiger partial charge in [-0.05, 0) is 25.5 Å². The molecule has 0 unspecified atom stereocenters. The lowest BCUT2D eigenvalue weighted by atomic mass is 10.3. The second-order valence-corrected chi connectivity index (χ2v) is 6.09. The molecule has 2 N–H and O–H groups in total. The average molecular weight is 294 g/mol. The van der Waals surface area contributed by atoms with E-state index in [0.29, 0.717) is 0 Å². The van der Waals surface area contributed by atoms with E-state index in [1.807, 2.05) is 24.3 Å². The van der Waals surface area contributed by atoms with Gasteiger partial charge in [-0.25, -0.2) is 0 Å². The number of quaternary nitrogens is 2. The van der Waals surface area contributed by atoms with Gasteiger partial charge in [0.2, 0.25) is 0 Å². The third-order valence-corrected chi connectivity index (χ3v) is 4.28. The van der Waals surface area contributed by atoms with Crippen molar-refractivity contribution in [1.82, 2.24) is 0 Å². The van der Waals surface area contributed by atoms with Gasteiger partial charge < -0.3 is 19.3 Å². The van der Waals surface area contributed by atoms with Crippen molar-refractivity contribution in [3.05, 3.63) is 24.3 Å². The predicted octanol–water partition coefficient (Wildman–Crippen LogP) is -0.344. The van der Waals surface area contributed by atoms with Crippen molar-refractivity contribution in [2.24, 2.45) is 0 Å². The fourth-order valence-corrected chi connectivity index (χ4v) is 2.55. The summed E-state index contributed by atoms with van der Waals surface area (Å²) >= 11 is 0. The van der Waals surface area contributed by atoms with Gasteiger partial charge in [-0.3, -0.25) is 0 Å². The summed E-state index contributed by atoms with van der Waals surface area (Å²) in [7, 11) is 2.27. The summed E-state index contributed by atoms with van der Waals surface area (Å²) < 4.78 is 11.9. The van der Waals surface area contributed by atoms with Gasteiger partial charge in [0.1, 0.15) is 39.3 Å². The third kappa shape index (κ3) is 5.21. The summed E-state index contributed by atoms with van der Waals surface area (Å²) in [5, 5.41) is 0. The van der Waals surface area contributed by atoms with Gasteiger partial charge in [-0.1, -0.05) is 19.1 Å². The Morgan fingerprint density at radius 3 is 2.43 bits per heavy atom. The molecule has 118 valence electrons. The van der Waals surface area contributed by atoms with Crippen LogP contribution in [0.3, 0.4) is 0 Å². The zero-order chi connectivity index (χ0) is 15.1. The van der Waals surface area contributed by atoms with E-state index in [-0.39, 0.29) is 6.10 Å². The molecule has 1 aliphatic heterocycles. The second-order valence-electron chi connectivity index (χ2n) is 6.09. The molecule has 0 radical (unpaired) electrons. The van der Waals surface area contributed by atoms with Crippen LogP contribution in [0.4, 0.5) is 0 Å².